The molecule has 2 unspecified atom stereocenters. The fourth-order valence-electron chi connectivity index (χ4n) is 2.51. The highest BCUT2D eigenvalue weighted by Gasteiger charge is 2.20. The third kappa shape index (κ3) is 3.32. The van der Waals surface area contributed by atoms with E-state index < -0.39 is 0 Å². The molecule has 0 bridgehead atoms. The number of hydrogen-bond acceptors (Lipinski definition) is 2. The van der Waals surface area contributed by atoms with Gasteiger partial charge in [-0.05, 0) is 43.7 Å². The van der Waals surface area contributed by atoms with Gasteiger partial charge in [0.1, 0.15) is 0 Å². The van der Waals surface area contributed by atoms with E-state index in [2.05, 4.69) is 35.6 Å². The van der Waals surface area contributed by atoms with Crippen LogP contribution in [0.5, 0.6) is 0 Å². The molecule has 2 atom stereocenters. The Bertz CT molecular complexity index is 297. The van der Waals surface area contributed by atoms with Crippen LogP contribution in [-0.2, 0) is 6.42 Å². The molecule has 1 aliphatic rings. The van der Waals surface area contributed by atoms with Gasteiger partial charge in [0.05, 0.1) is 0 Å². The Hall–Kier alpha value is -0.860. The zero-order valence-electron chi connectivity index (χ0n) is 9.86. The predicted molar refractivity (Wildman–Crippen MR) is 68.3 cm³/mol. The van der Waals surface area contributed by atoms with Crippen molar-refractivity contribution < 1.29 is 0 Å². The minimum Gasteiger partial charge on any atom is -0.326 e. The highest BCUT2D eigenvalue weighted by atomic mass is 14.9. The lowest BCUT2D eigenvalue weighted by Gasteiger charge is -2.29. The minimum atomic E-state index is 0.365. The molecule has 0 aromatic heterocycles. The number of hydrogen-bond donors (Lipinski definition) is 2. The molecule has 3 N–H and O–H groups in total. The zero-order valence-corrected chi connectivity index (χ0v) is 9.86. The fraction of sp³-hybridized carbons (Fsp3) is 0.571. The Balaban J connectivity index is 1.71. The van der Waals surface area contributed by atoms with Gasteiger partial charge in [-0.25, -0.2) is 0 Å². The molecule has 88 valence electrons. The summed E-state index contributed by atoms with van der Waals surface area (Å²) in [6.07, 6.45) is 4.98. The van der Waals surface area contributed by atoms with Crippen molar-refractivity contribution >= 4 is 0 Å². The molecule has 1 aromatic carbocycles. The van der Waals surface area contributed by atoms with Crippen LogP contribution in [-0.4, -0.2) is 19.1 Å². The van der Waals surface area contributed by atoms with E-state index in [9.17, 15) is 0 Å². The largest absolute Gasteiger partial charge is 0.326 e. The van der Waals surface area contributed by atoms with Crippen molar-refractivity contribution in [2.75, 3.05) is 13.1 Å². The Morgan fingerprint density at radius 3 is 2.81 bits per heavy atom. The summed E-state index contributed by atoms with van der Waals surface area (Å²) in [7, 11) is 0. The molecule has 0 aliphatic carbocycles. The molecule has 2 nitrogen and oxygen atoms in total. The molecule has 1 aliphatic heterocycles. The average Bonchev–Trinajstić information content (AvgIpc) is 2.33. The number of aryl methyl sites for hydroxylation is 1. The van der Waals surface area contributed by atoms with Crippen molar-refractivity contribution in [2.45, 2.75) is 31.7 Å². The summed E-state index contributed by atoms with van der Waals surface area (Å²) in [5.41, 5.74) is 7.55. The molecule has 2 heteroatoms. The molecule has 0 amide bonds. The number of rotatable bonds is 4. The first-order chi connectivity index (χ1) is 7.86. The maximum atomic E-state index is 6.10. The number of nitrogens with two attached hydrogens (primary N) is 1. The highest BCUT2D eigenvalue weighted by molar-refractivity contribution is 5.14. The Morgan fingerprint density at radius 1 is 1.25 bits per heavy atom. The van der Waals surface area contributed by atoms with Crippen molar-refractivity contribution in [3.8, 4) is 0 Å². The number of piperidine rings is 1. The van der Waals surface area contributed by atoms with Gasteiger partial charge in [-0.1, -0.05) is 30.3 Å². The van der Waals surface area contributed by atoms with Gasteiger partial charge in [0.15, 0.2) is 0 Å². The van der Waals surface area contributed by atoms with E-state index in [0.29, 0.717) is 6.04 Å². The van der Waals surface area contributed by atoms with Crippen LogP contribution >= 0.6 is 0 Å². The fourth-order valence-corrected chi connectivity index (χ4v) is 2.51. The third-order valence-corrected chi connectivity index (χ3v) is 3.56. The standard InChI is InChI=1S/C14H22N2/c15-14-11-16-10-9-13(14)8-4-7-12-5-2-1-3-6-12/h1-3,5-6,13-14,16H,4,7-11,15H2. The third-order valence-electron chi connectivity index (χ3n) is 3.56. The lowest BCUT2D eigenvalue weighted by molar-refractivity contribution is 0.302. The SMILES string of the molecule is NC1CNCCC1CCCc1ccccc1. The minimum absolute atomic E-state index is 0.365. The van der Waals surface area contributed by atoms with E-state index in [1.165, 1.54) is 31.2 Å². The molecule has 16 heavy (non-hydrogen) atoms. The van der Waals surface area contributed by atoms with Crippen LogP contribution in [0, 0.1) is 5.92 Å². The lowest BCUT2D eigenvalue weighted by Crippen LogP contribution is -2.46. The van der Waals surface area contributed by atoms with E-state index in [4.69, 9.17) is 5.73 Å². The maximum absolute atomic E-state index is 6.10. The van der Waals surface area contributed by atoms with Crippen LogP contribution in [0.3, 0.4) is 0 Å². The van der Waals surface area contributed by atoms with Crippen molar-refractivity contribution in [2.24, 2.45) is 11.7 Å². The van der Waals surface area contributed by atoms with Crippen LogP contribution in [0.2, 0.25) is 0 Å². The summed E-state index contributed by atoms with van der Waals surface area (Å²) >= 11 is 0. The first-order valence-electron chi connectivity index (χ1n) is 6.36. The first-order valence-corrected chi connectivity index (χ1v) is 6.36. The van der Waals surface area contributed by atoms with E-state index in [1.807, 2.05) is 0 Å². The van der Waals surface area contributed by atoms with Crippen molar-refractivity contribution in [3.05, 3.63) is 35.9 Å². The van der Waals surface area contributed by atoms with E-state index >= 15 is 0 Å². The van der Waals surface area contributed by atoms with Gasteiger partial charge >= 0.3 is 0 Å². The van der Waals surface area contributed by atoms with Crippen molar-refractivity contribution in [3.63, 3.8) is 0 Å². The lowest BCUT2D eigenvalue weighted by atomic mass is 9.88. The molecular formula is C14H22N2. The second kappa shape index (κ2) is 6.02. The normalized spacial score (nSPS) is 25.6. The second-order valence-corrected chi connectivity index (χ2v) is 4.79. The van der Waals surface area contributed by atoms with Gasteiger partial charge in [-0.15, -0.1) is 0 Å². The van der Waals surface area contributed by atoms with Gasteiger partial charge in [0, 0.05) is 12.6 Å². The number of benzene rings is 1. The molecule has 1 heterocycles. The molecule has 1 saturated heterocycles. The quantitative estimate of drug-likeness (QED) is 0.810. The molecule has 0 saturated carbocycles. The van der Waals surface area contributed by atoms with E-state index in [1.54, 1.807) is 0 Å². The second-order valence-electron chi connectivity index (χ2n) is 4.79. The smallest absolute Gasteiger partial charge is 0.0194 e. The van der Waals surface area contributed by atoms with Crippen molar-refractivity contribution in [1.29, 1.82) is 0 Å². The summed E-state index contributed by atoms with van der Waals surface area (Å²) < 4.78 is 0. The van der Waals surface area contributed by atoms with Gasteiger partial charge in [-0.3, -0.25) is 0 Å². The molecule has 0 spiro atoms. The monoisotopic (exact) mass is 218 g/mol. The molecule has 2 rings (SSSR count). The summed E-state index contributed by atoms with van der Waals surface area (Å²) in [6, 6.07) is 11.1. The van der Waals surface area contributed by atoms with Gasteiger partial charge in [0.25, 0.3) is 0 Å². The maximum Gasteiger partial charge on any atom is 0.0194 e. The van der Waals surface area contributed by atoms with Crippen LogP contribution in [0.15, 0.2) is 30.3 Å². The Labute approximate surface area is 98.2 Å². The summed E-state index contributed by atoms with van der Waals surface area (Å²) in [6.45, 7) is 2.14. The van der Waals surface area contributed by atoms with E-state index in [-0.39, 0.29) is 0 Å². The molecule has 1 aromatic rings. The first kappa shape index (κ1) is 11.6. The average molecular weight is 218 g/mol. The van der Waals surface area contributed by atoms with Gasteiger partial charge in [0.2, 0.25) is 0 Å². The summed E-state index contributed by atoms with van der Waals surface area (Å²) in [5, 5.41) is 3.35. The summed E-state index contributed by atoms with van der Waals surface area (Å²) in [4.78, 5) is 0. The van der Waals surface area contributed by atoms with Crippen LogP contribution in [0.4, 0.5) is 0 Å². The topological polar surface area (TPSA) is 38.0 Å². The van der Waals surface area contributed by atoms with Gasteiger partial charge < -0.3 is 11.1 Å². The molecule has 1 fully saturated rings. The van der Waals surface area contributed by atoms with E-state index in [0.717, 1.165) is 19.0 Å². The van der Waals surface area contributed by atoms with Crippen LogP contribution in [0.1, 0.15) is 24.8 Å². The Kier molecular flexibility index (Phi) is 4.37. The van der Waals surface area contributed by atoms with Crippen LogP contribution < -0.4 is 11.1 Å². The van der Waals surface area contributed by atoms with Crippen molar-refractivity contribution in [1.82, 2.24) is 5.32 Å². The predicted octanol–water partition coefficient (Wildman–Crippen LogP) is 1.95. The highest BCUT2D eigenvalue weighted by Crippen LogP contribution is 2.18. The summed E-state index contributed by atoms with van der Waals surface area (Å²) in [5.74, 6) is 0.727. The van der Waals surface area contributed by atoms with Gasteiger partial charge in [-0.2, -0.15) is 0 Å². The van der Waals surface area contributed by atoms with Crippen LogP contribution in [0.25, 0.3) is 0 Å². The molecule has 0 radical (unpaired) electrons. The Morgan fingerprint density at radius 2 is 2.06 bits per heavy atom. The zero-order chi connectivity index (χ0) is 11.2. The number of nitrogens with one attached hydrogen (secondary N) is 1. The molecular weight excluding hydrogens is 196 g/mol.